The third-order valence-corrected chi connectivity index (χ3v) is 8.05. The van der Waals surface area contributed by atoms with Crippen molar-refractivity contribution in [3.63, 3.8) is 0 Å². The highest BCUT2D eigenvalue weighted by molar-refractivity contribution is 8.00. The number of hydrogen-bond donors (Lipinski definition) is 3. The minimum absolute atomic E-state index is 0.0311. The molecule has 31 heavy (non-hydrogen) atoms. The Labute approximate surface area is 186 Å². The van der Waals surface area contributed by atoms with Crippen LogP contribution in [0.3, 0.4) is 0 Å². The van der Waals surface area contributed by atoms with Crippen LogP contribution in [-0.4, -0.2) is 50.4 Å². The van der Waals surface area contributed by atoms with Gasteiger partial charge in [0.25, 0.3) is 0 Å². The van der Waals surface area contributed by atoms with Crippen LogP contribution in [0, 0.1) is 13.8 Å². The Kier molecular flexibility index (Phi) is 7.24. The highest BCUT2D eigenvalue weighted by Crippen LogP contribution is 2.24. The van der Waals surface area contributed by atoms with Crippen LogP contribution in [0.5, 0.6) is 5.75 Å². The first-order valence-electron chi connectivity index (χ1n) is 9.61. The maximum atomic E-state index is 13.0. The number of anilines is 1. The van der Waals surface area contributed by atoms with E-state index in [1.807, 2.05) is 6.92 Å². The van der Waals surface area contributed by atoms with Gasteiger partial charge < -0.3 is 15.4 Å². The molecular formula is C21H25N3O5S2. The van der Waals surface area contributed by atoms with Gasteiger partial charge in [0.05, 0.1) is 17.8 Å². The van der Waals surface area contributed by atoms with Crippen molar-refractivity contribution in [2.45, 2.75) is 29.5 Å². The van der Waals surface area contributed by atoms with Crippen LogP contribution in [0.2, 0.25) is 0 Å². The number of amides is 2. The van der Waals surface area contributed by atoms with Crippen LogP contribution in [0.25, 0.3) is 0 Å². The Morgan fingerprint density at radius 2 is 2.00 bits per heavy atom. The van der Waals surface area contributed by atoms with Gasteiger partial charge in [-0.05, 0) is 37.6 Å². The van der Waals surface area contributed by atoms with E-state index in [1.54, 1.807) is 50.4 Å². The Balaban J connectivity index is 1.56. The van der Waals surface area contributed by atoms with Gasteiger partial charge in [-0.2, -0.15) is 0 Å². The number of methoxy groups -OCH3 is 1. The average molecular weight is 464 g/mol. The van der Waals surface area contributed by atoms with E-state index in [2.05, 4.69) is 16.0 Å². The quantitative estimate of drug-likeness (QED) is 0.574. The number of aryl methyl sites for hydroxylation is 2. The number of benzene rings is 2. The molecule has 0 bridgehead atoms. The smallest absolute Gasteiger partial charge is 0.241 e. The van der Waals surface area contributed by atoms with Crippen molar-refractivity contribution in [1.29, 1.82) is 0 Å². The van der Waals surface area contributed by atoms with E-state index in [0.717, 1.165) is 5.56 Å². The molecule has 1 saturated heterocycles. The van der Waals surface area contributed by atoms with Crippen molar-refractivity contribution in [1.82, 2.24) is 10.6 Å². The Hall–Kier alpha value is -2.56. The molecule has 0 aliphatic carbocycles. The van der Waals surface area contributed by atoms with Crippen LogP contribution >= 0.6 is 11.8 Å². The Morgan fingerprint density at radius 1 is 1.23 bits per heavy atom. The molecule has 0 saturated carbocycles. The van der Waals surface area contributed by atoms with Gasteiger partial charge in [-0.1, -0.05) is 23.8 Å². The predicted molar refractivity (Wildman–Crippen MR) is 121 cm³/mol. The van der Waals surface area contributed by atoms with Crippen LogP contribution in [0.4, 0.5) is 5.69 Å². The minimum atomic E-state index is -3.84. The molecule has 2 amide bonds. The van der Waals surface area contributed by atoms with Gasteiger partial charge in [-0.15, -0.1) is 11.8 Å². The standard InChI is InChI=1S/C21H25N3O5S2/c1-13-7-8-17(14(2)9-13)31(27,28)18-11-22-21(24-20(18)26)30-12-19(25)23-15-5-4-6-16(10-15)29-3/h4-10,18,21-22H,11-12H2,1-3H3,(H,23,25)(H,24,26). The van der Waals surface area contributed by atoms with Crippen molar-refractivity contribution in [3.8, 4) is 5.75 Å². The van der Waals surface area contributed by atoms with Crippen molar-refractivity contribution in [2.24, 2.45) is 0 Å². The maximum Gasteiger partial charge on any atom is 0.241 e. The molecule has 2 atom stereocenters. The molecule has 2 aromatic carbocycles. The Morgan fingerprint density at radius 3 is 2.68 bits per heavy atom. The molecule has 8 nitrogen and oxygen atoms in total. The molecule has 2 unspecified atom stereocenters. The summed E-state index contributed by atoms with van der Waals surface area (Å²) >= 11 is 1.17. The van der Waals surface area contributed by atoms with E-state index in [4.69, 9.17) is 4.74 Å². The number of sulfone groups is 1. The van der Waals surface area contributed by atoms with Crippen molar-refractivity contribution in [2.75, 3.05) is 24.7 Å². The zero-order chi connectivity index (χ0) is 22.6. The number of carbonyl (C=O) groups excluding carboxylic acids is 2. The fourth-order valence-electron chi connectivity index (χ4n) is 3.26. The summed E-state index contributed by atoms with van der Waals surface area (Å²) in [5, 5.41) is 7.17. The Bertz CT molecular complexity index is 1090. The lowest BCUT2D eigenvalue weighted by Crippen LogP contribution is -2.59. The summed E-state index contributed by atoms with van der Waals surface area (Å²) in [7, 11) is -2.29. The van der Waals surface area contributed by atoms with E-state index >= 15 is 0 Å². The van der Waals surface area contributed by atoms with Gasteiger partial charge in [-0.25, -0.2) is 8.42 Å². The summed E-state index contributed by atoms with van der Waals surface area (Å²) in [6.45, 7) is 3.56. The molecule has 1 heterocycles. The predicted octanol–water partition coefficient (Wildman–Crippen LogP) is 1.83. The molecule has 0 radical (unpaired) electrons. The van der Waals surface area contributed by atoms with Crippen molar-refractivity contribution < 1.29 is 22.7 Å². The lowest BCUT2D eigenvalue weighted by atomic mass is 10.2. The summed E-state index contributed by atoms with van der Waals surface area (Å²) in [5.41, 5.74) is 1.60. The van der Waals surface area contributed by atoms with Crippen LogP contribution in [0.1, 0.15) is 11.1 Å². The van der Waals surface area contributed by atoms with Crippen molar-refractivity contribution >= 4 is 39.1 Å². The van der Waals surface area contributed by atoms with Gasteiger partial charge in [0.15, 0.2) is 15.1 Å². The first-order valence-corrected chi connectivity index (χ1v) is 12.2. The second-order valence-corrected chi connectivity index (χ2v) is 10.4. The van der Waals surface area contributed by atoms with Gasteiger partial charge >= 0.3 is 0 Å². The second kappa shape index (κ2) is 9.71. The topological polar surface area (TPSA) is 114 Å². The second-order valence-electron chi connectivity index (χ2n) is 7.19. The first kappa shape index (κ1) is 23.1. The molecule has 0 spiro atoms. The number of nitrogens with one attached hydrogen (secondary N) is 3. The molecule has 2 aromatic rings. The number of thioether (sulfide) groups is 1. The number of carbonyl (C=O) groups is 2. The fourth-order valence-corrected chi connectivity index (χ4v) is 5.80. The molecule has 1 aliphatic rings. The van der Waals surface area contributed by atoms with E-state index in [1.165, 1.54) is 17.8 Å². The highest BCUT2D eigenvalue weighted by atomic mass is 32.2. The molecular weight excluding hydrogens is 438 g/mol. The fraction of sp³-hybridized carbons (Fsp3) is 0.333. The highest BCUT2D eigenvalue weighted by Gasteiger charge is 2.39. The molecule has 1 aliphatic heterocycles. The van der Waals surface area contributed by atoms with E-state index in [-0.39, 0.29) is 23.1 Å². The number of rotatable bonds is 7. The van der Waals surface area contributed by atoms with Gasteiger partial charge in [0, 0.05) is 18.3 Å². The molecule has 166 valence electrons. The summed E-state index contributed by atoms with van der Waals surface area (Å²) in [6, 6.07) is 12.0. The maximum absolute atomic E-state index is 13.0. The normalized spacial score (nSPS) is 18.9. The van der Waals surface area contributed by atoms with Gasteiger partial charge in [0.1, 0.15) is 11.2 Å². The average Bonchev–Trinajstić information content (AvgIpc) is 2.72. The minimum Gasteiger partial charge on any atom is -0.497 e. The van der Waals surface area contributed by atoms with E-state index in [0.29, 0.717) is 17.0 Å². The summed E-state index contributed by atoms with van der Waals surface area (Å²) in [4.78, 5) is 24.9. The zero-order valence-electron chi connectivity index (χ0n) is 17.5. The van der Waals surface area contributed by atoms with E-state index < -0.39 is 26.5 Å². The monoisotopic (exact) mass is 463 g/mol. The van der Waals surface area contributed by atoms with Crippen molar-refractivity contribution in [3.05, 3.63) is 53.6 Å². The molecule has 3 rings (SSSR count). The van der Waals surface area contributed by atoms with Gasteiger partial charge in [0.2, 0.25) is 11.8 Å². The molecule has 1 fully saturated rings. The SMILES string of the molecule is COc1cccc(NC(=O)CSC2NCC(S(=O)(=O)c3ccc(C)cc3C)C(=O)N2)c1. The zero-order valence-corrected chi connectivity index (χ0v) is 19.1. The van der Waals surface area contributed by atoms with Gasteiger partial charge in [-0.3, -0.25) is 14.9 Å². The molecule has 10 heteroatoms. The summed E-state index contributed by atoms with van der Waals surface area (Å²) < 4.78 is 31.1. The number of hydrogen-bond acceptors (Lipinski definition) is 7. The molecule has 0 aromatic heterocycles. The molecule has 3 N–H and O–H groups in total. The third kappa shape index (κ3) is 5.57. The lowest BCUT2D eigenvalue weighted by Gasteiger charge is -2.30. The summed E-state index contributed by atoms with van der Waals surface area (Å²) in [5.74, 6) is -0.129. The first-order chi connectivity index (χ1) is 14.7. The van der Waals surface area contributed by atoms with Crippen LogP contribution in [0.15, 0.2) is 47.4 Å². The summed E-state index contributed by atoms with van der Waals surface area (Å²) in [6.07, 6.45) is 0. The van der Waals surface area contributed by atoms with E-state index in [9.17, 15) is 18.0 Å². The largest absolute Gasteiger partial charge is 0.497 e. The van der Waals surface area contributed by atoms with Crippen LogP contribution < -0.4 is 20.7 Å². The lowest BCUT2D eigenvalue weighted by molar-refractivity contribution is -0.122. The number of ether oxygens (including phenoxy) is 1. The van der Waals surface area contributed by atoms with Crippen LogP contribution in [-0.2, 0) is 19.4 Å². The third-order valence-electron chi connectivity index (χ3n) is 4.80.